The number of nitrogens with two attached hydrogens (primary N) is 1. The van der Waals surface area contributed by atoms with Crippen LogP contribution in [0, 0.1) is 5.92 Å². The lowest BCUT2D eigenvalue weighted by Crippen LogP contribution is -2.06. The Bertz CT molecular complexity index is 532. The van der Waals surface area contributed by atoms with Crippen LogP contribution in [0.2, 0.25) is 0 Å². The third-order valence-electron chi connectivity index (χ3n) is 2.78. The first-order valence-corrected chi connectivity index (χ1v) is 6.07. The molecular formula is C14H19N3O. The average molecular weight is 245 g/mol. The molecule has 0 bridgehead atoms. The Morgan fingerprint density at radius 3 is 2.83 bits per heavy atom. The molecular weight excluding hydrogens is 226 g/mol. The highest BCUT2D eigenvalue weighted by Crippen LogP contribution is 2.27. The molecule has 96 valence electrons. The van der Waals surface area contributed by atoms with E-state index in [4.69, 9.17) is 10.5 Å². The third kappa shape index (κ3) is 2.47. The zero-order valence-electron chi connectivity index (χ0n) is 11.1. The van der Waals surface area contributed by atoms with Gasteiger partial charge in [-0.1, -0.05) is 26.0 Å². The number of imidazole rings is 1. The summed E-state index contributed by atoms with van der Waals surface area (Å²) < 4.78 is 7.20. The summed E-state index contributed by atoms with van der Waals surface area (Å²) in [5, 5.41) is 0. The fourth-order valence-corrected chi connectivity index (χ4v) is 1.92. The largest absolute Gasteiger partial charge is 0.497 e. The van der Waals surface area contributed by atoms with E-state index in [0.717, 1.165) is 23.6 Å². The van der Waals surface area contributed by atoms with Gasteiger partial charge >= 0.3 is 0 Å². The van der Waals surface area contributed by atoms with Crippen LogP contribution in [0.4, 0.5) is 5.82 Å². The maximum atomic E-state index is 6.13. The molecule has 4 heteroatoms. The van der Waals surface area contributed by atoms with Gasteiger partial charge in [-0.2, -0.15) is 0 Å². The Kier molecular flexibility index (Phi) is 3.55. The Hall–Kier alpha value is -1.97. The Labute approximate surface area is 107 Å². The average Bonchev–Trinajstić information content (AvgIpc) is 2.70. The van der Waals surface area contributed by atoms with Crippen molar-refractivity contribution in [2.45, 2.75) is 20.4 Å². The minimum Gasteiger partial charge on any atom is -0.497 e. The predicted octanol–water partition coefficient (Wildman–Crippen LogP) is 2.80. The monoisotopic (exact) mass is 245 g/mol. The standard InChI is InChI=1S/C14H19N3O/c1-10(2)8-17-9-16-13(14(17)15)11-5-4-6-12(7-11)18-3/h4-7,9-10H,8,15H2,1-3H3. The maximum absolute atomic E-state index is 6.13. The summed E-state index contributed by atoms with van der Waals surface area (Å²) in [6.45, 7) is 5.19. The van der Waals surface area contributed by atoms with Gasteiger partial charge in [-0.25, -0.2) is 4.98 Å². The fraction of sp³-hybridized carbons (Fsp3) is 0.357. The van der Waals surface area contributed by atoms with Gasteiger partial charge in [0.1, 0.15) is 17.3 Å². The molecule has 0 aliphatic heterocycles. The summed E-state index contributed by atoms with van der Waals surface area (Å²) >= 11 is 0. The van der Waals surface area contributed by atoms with E-state index < -0.39 is 0 Å². The molecule has 0 aliphatic carbocycles. The van der Waals surface area contributed by atoms with E-state index in [1.165, 1.54) is 0 Å². The highest BCUT2D eigenvalue weighted by molar-refractivity contribution is 5.71. The van der Waals surface area contributed by atoms with Crippen LogP contribution >= 0.6 is 0 Å². The van der Waals surface area contributed by atoms with Gasteiger partial charge in [0.05, 0.1) is 13.4 Å². The number of aromatic nitrogens is 2. The van der Waals surface area contributed by atoms with Crippen LogP contribution in [-0.4, -0.2) is 16.7 Å². The van der Waals surface area contributed by atoms with Crippen molar-refractivity contribution in [3.8, 4) is 17.0 Å². The molecule has 1 aromatic carbocycles. The minimum atomic E-state index is 0.541. The number of nitrogen functional groups attached to an aromatic ring is 1. The summed E-state index contributed by atoms with van der Waals surface area (Å²) in [5.74, 6) is 2.06. The molecule has 0 atom stereocenters. The molecule has 2 rings (SSSR count). The minimum absolute atomic E-state index is 0.541. The van der Waals surface area contributed by atoms with Crippen LogP contribution in [0.25, 0.3) is 11.3 Å². The normalized spacial score (nSPS) is 10.9. The van der Waals surface area contributed by atoms with E-state index in [1.54, 1.807) is 13.4 Å². The molecule has 1 aromatic heterocycles. The van der Waals surface area contributed by atoms with E-state index in [9.17, 15) is 0 Å². The van der Waals surface area contributed by atoms with E-state index in [2.05, 4.69) is 18.8 Å². The summed E-state index contributed by atoms with van der Waals surface area (Å²) in [6.07, 6.45) is 1.80. The molecule has 0 radical (unpaired) electrons. The van der Waals surface area contributed by atoms with Crippen LogP contribution in [0.15, 0.2) is 30.6 Å². The third-order valence-corrected chi connectivity index (χ3v) is 2.78. The number of rotatable bonds is 4. The van der Waals surface area contributed by atoms with Crippen molar-refractivity contribution in [1.29, 1.82) is 0 Å². The highest BCUT2D eigenvalue weighted by atomic mass is 16.5. The number of benzene rings is 1. The first-order chi connectivity index (χ1) is 8.61. The van der Waals surface area contributed by atoms with E-state index in [0.29, 0.717) is 11.7 Å². The quantitative estimate of drug-likeness (QED) is 0.901. The molecule has 18 heavy (non-hydrogen) atoms. The van der Waals surface area contributed by atoms with Crippen molar-refractivity contribution in [2.24, 2.45) is 5.92 Å². The molecule has 2 aromatic rings. The van der Waals surface area contributed by atoms with E-state index in [1.807, 2.05) is 28.8 Å². The molecule has 0 unspecified atom stereocenters. The number of hydrogen-bond acceptors (Lipinski definition) is 3. The number of hydrogen-bond donors (Lipinski definition) is 1. The molecule has 0 spiro atoms. The number of nitrogens with zero attached hydrogens (tertiary/aromatic N) is 2. The van der Waals surface area contributed by atoms with Gasteiger partial charge in [-0.15, -0.1) is 0 Å². The summed E-state index contributed by atoms with van der Waals surface area (Å²) in [6, 6.07) is 7.78. The lowest BCUT2D eigenvalue weighted by molar-refractivity contribution is 0.415. The maximum Gasteiger partial charge on any atom is 0.131 e. The van der Waals surface area contributed by atoms with Gasteiger partial charge < -0.3 is 15.0 Å². The molecule has 2 N–H and O–H groups in total. The van der Waals surface area contributed by atoms with Gasteiger partial charge in [0, 0.05) is 12.1 Å². The smallest absolute Gasteiger partial charge is 0.131 e. The van der Waals surface area contributed by atoms with Gasteiger partial charge in [0.2, 0.25) is 0 Å². The van der Waals surface area contributed by atoms with Gasteiger partial charge in [0.15, 0.2) is 0 Å². The van der Waals surface area contributed by atoms with Crippen molar-refractivity contribution >= 4 is 5.82 Å². The lowest BCUT2D eigenvalue weighted by atomic mass is 10.1. The summed E-state index contributed by atoms with van der Waals surface area (Å²) in [5.41, 5.74) is 7.93. The zero-order valence-corrected chi connectivity index (χ0v) is 11.1. The van der Waals surface area contributed by atoms with Gasteiger partial charge in [-0.05, 0) is 18.1 Å². The topological polar surface area (TPSA) is 53.1 Å². The van der Waals surface area contributed by atoms with Crippen molar-refractivity contribution in [2.75, 3.05) is 12.8 Å². The molecule has 1 heterocycles. The molecule has 0 saturated carbocycles. The van der Waals surface area contributed by atoms with E-state index >= 15 is 0 Å². The van der Waals surface area contributed by atoms with Crippen molar-refractivity contribution in [3.63, 3.8) is 0 Å². The van der Waals surface area contributed by atoms with Crippen LogP contribution in [-0.2, 0) is 6.54 Å². The summed E-state index contributed by atoms with van der Waals surface area (Å²) in [7, 11) is 1.65. The van der Waals surface area contributed by atoms with Crippen LogP contribution in [0.1, 0.15) is 13.8 Å². The van der Waals surface area contributed by atoms with Crippen molar-refractivity contribution in [3.05, 3.63) is 30.6 Å². The first-order valence-electron chi connectivity index (χ1n) is 6.07. The number of methoxy groups -OCH3 is 1. The predicted molar refractivity (Wildman–Crippen MR) is 73.5 cm³/mol. The van der Waals surface area contributed by atoms with Crippen LogP contribution < -0.4 is 10.5 Å². The second-order valence-electron chi connectivity index (χ2n) is 4.76. The highest BCUT2D eigenvalue weighted by Gasteiger charge is 2.11. The Morgan fingerprint density at radius 1 is 1.39 bits per heavy atom. The second kappa shape index (κ2) is 5.12. The summed E-state index contributed by atoms with van der Waals surface area (Å²) in [4.78, 5) is 4.40. The molecule has 0 aliphatic rings. The Morgan fingerprint density at radius 2 is 2.17 bits per heavy atom. The van der Waals surface area contributed by atoms with Crippen LogP contribution in [0.3, 0.4) is 0 Å². The SMILES string of the molecule is COc1cccc(-c2ncn(CC(C)C)c2N)c1. The zero-order chi connectivity index (χ0) is 13.1. The van der Waals surface area contributed by atoms with Crippen LogP contribution in [0.5, 0.6) is 5.75 Å². The Balaban J connectivity index is 2.36. The van der Waals surface area contributed by atoms with Gasteiger partial charge in [-0.3, -0.25) is 0 Å². The fourth-order valence-electron chi connectivity index (χ4n) is 1.92. The number of ether oxygens (including phenoxy) is 1. The van der Waals surface area contributed by atoms with Gasteiger partial charge in [0.25, 0.3) is 0 Å². The lowest BCUT2D eigenvalue weighted by Gasteiger charge is -2.08. The second-order valence-corrected chi connectivity index (χ2v) is 4.76. The van der Waals surface area contributed by atoms with Crippen molar-refractivity contribution < 1.29 is 4.74 Å². The van der Waals surface area contributed by atoms with E-state index in [-0.39, 0.29) is 0 Å². The molecule has 4 nitrogen and oxygen atoms in total. The van der Waals surface area contributed by atoms with Crippen molar-refractivity contribution in [1.82, 2.24) is 9.55 Å². The first kappa shape index (κ1) is 12.5. The molecule has 0 saturated heterocycles. The molecule has 0 fully saturated rings. The molecule has 0 amide bonds. The number of anilines is 1.